The highest BCUT2D eigenvalue weighted by molar-refractivity contribution is 5.49. The minimum atomic E-state index is 0.403. The summed E-state index contributed by atoms with van der Waals surface area (Å²) in [4.78, 5) is 2.39. The minimum Gasteiger partial charge on any atom is -0.368 e. The van der Waals surface area contributed by atoms with Crippen LogP contribution >= 0.6 is 0 Å². The van der Waals surface area contributed by atoms with E-state index in [4.69, 9.17) is 5.26 Å². The average molecular weight is 290 g/mol. The second kappa shape index (κ2) is 7.13. The van der Waals surface area contributed by atoms with Crippen LogP contribution in [0.1, 0.15) is 30.4 Å². The lowest BCUT2D eigenvalue weighted by atomic mass is 10.0. The van der Waals surface area contributed by atoms with E-state index in [1.807, 2.05) is 0 Å². The summed E-state index contributed by atoms with van der Waals surface area (Å²) in [6, 6.07) is 22.3. The molecule has 1 fully saturated rings. The first kappa shape index (κ1) is 14.7. The highest BCUT2D eigenvalue weighted by Gasteiger charge is 2.24. The lowest BCUT2D eigenvalue weighted by Crippen LogP contribution is -2.28. The zero-order valence-corrected chi connectivity index (χ0v) is 12.9. The molecule has 0 spiro atoms. The maximum Gasteiger partial charge on any atom is 0.0643 e. The molecule has 2 nitrogen and oxygen atoms in total. The molecule has 2 aromatic rings. The van der Waals surface area contributed by atoms with Gasteiger partial charge in [-0.15, -0.1) is 0 Å². The van der Waals surface area contributed by atoms with Crippen molar-refractivity contribution in [1.82, 2.24) is 0 Å². The van der Waals surface area contributed by atoms with Crippen molar-refractivity contribution >= 4 is 5.69 Å². The lowest BCUT2D eigenvalue weighted by molar-refractivity contribution is 0.683. The van der Waals surface area contributed by atoms with E-state index >= 15 is 0 Å². The Labute approximate surface area is 133 Å². The van der Waals surface area contributed by atoms with Crippen molar-refractivity contribution in [1.29, 1.82) is 5.26 Å². The first-order valence-electron chi connectivity index (χ1n) is 8.13. The number of benzene rings is 2. The summed E-state index contributed by atoms with van der Waals surface area (Å²) in [5.74, 6) is 0. The van der Waals surface area contributed by atoms with E-state index in [0.717, 1.165) is 25.8 Å². The largest absolute Gasteiger partial charge is 0.368 e. The molecule has 1 atom stereocenters. The molecule has 112 valence electrons. The van der Waals surface area contributed by atoms with E-state index in [0.29, 0.717) is 12.5 Å². The topological polar surface area (TPSA) is 27.0 Å². The van der Waals surface area contributed by atoms with Gasteiger partial charge in [0.1, 0.15) is 0 Å². The smallest absolute Gasteiger partial charge is 0.0643 e. The Bertz CT molecular complexity index is 625. The predicted octanol–water partition coefficient (Wildman–Crippen LogP) is 4.35. The fourth-order valence-electron chi connectivity index (χ4n) is 3.28. The molecule has 0 N–H and O–H groups in total. The van der Waals surface area contributed by atoms with Crippen LogP contribution in [0, 0.1) is 11.3 Å². The Balaban J connectivity index is 1.62. The summed E-state index contributed by atoms with van der Waals surface area (Å²) in [6.45, 7) is 1.08. The molecule has 2 aromatic carbocycles. The van der Waals surface area contributed by atoms with Crippen LogP contribution in [0.15, 0.2) is 54.6 Å². The minimum absolute atomic E-state index is 0.403. The summed E-state index contributed by atoms with van der Waals surface area (Å²) < 4.78 is 0. The van der Waals surface area contributed by atoms with Crippen LogP contribution in [-0.2, 0) is 12.8 Å². The fourth-order valence-corrected chi connectivity index (χ4v) is 3.28. The highest BCUT2D eigenvalue weighted by atomic mass is 15.2. The molecule has 0 aliphatic carbocycles. The molecule has 1 aliphatic rings. The Morgan fingerprint density at radius 3 is 2.32 bits per heavy atom. The van der Waals surface area contributed by atoms with Gasteiger partial charge in [-0.05, 0) is 48.9 Å². The maximum absolute atomic E-state index is 8.94. The Morgan fingerprint density at radius 1 is 0.955 bits per heavy atom. The van der Waals surface area contributed by atoms with Gasteiger partial charge in [-0.3, -0.25) is 0 Å². The first-order valence-corrected chi connectivity index (χ1v) is 8.13. The number of hydrogen-bond acceptors (Lipinski definition) is 2. The Morgan fingerprint density at radius 2 is 1.64 bits per heavy atom. The van der Waals surface area contributed by atoms with Crippen LogP contribution in [0.3, 0.4) is 0 Å². The van der Waals surface area contributed by atoms with Crippen molar-refractivity contribution in [3.8, 4) is 6.07 Å². The summed E-state index contributed by atoms with van der Waals surface area (Å²) in [6.07, 6.45) is 5.13. The number of nitrogens with zero attached hydrogens (tertiary/aromatic N) is 2. The molecule has 0 saturated carbocycles. The normalized spacial score (nSPS) is 17.4. The monoisotopic (exact) mass is 290 g/mol. The Kier molecular flexibility index (Phi) is 4.75. The first-order chi connectivity index (χ1) is 10.9. The van der Waals surface area contributed by atoms with Gasteiger partial charge in [-0.2, -0.15) is 5.26 Å². The van der Waals surface area contributed by atoms with Gasteiger partial charge in [0.05, 0.1) is 12.5 Å². The predicted molar refractivity (Wildman–Crippen MR) is 90.9 cm³/mol. The van der Waals surface area contributed by atoms with E-state index in [1.165, 1.54) is 23.2 Å². The number of nitriles is 1. The summed E-state index contributed by atoms with van der Waals surface area (Å²) >= 11 is 0. The van der Waals surface area contributed by atoms with Gasteiger partial charge >= 0.3 is 0 Å². The molecule has 1 aliphatic heterocycles. The van der Waals surface area contributed by atoms with Crippen molar-refractivity contribution in [2.24, 2.45) is 0 Å². The molecule has 2 heteroatoms. The zero-order valence-electron chi connectivity index (χ0n) is 12.9. The number of hydrogen-bond donors (Lipinski definition) is 0. The van der Waals surface area contributed by atoms with Crippen LogP contribution in [0.5, 0.6) is 0 Å². The van der Waals surface area contributed by atoms with Gasteiger partial charge in [0.15, 0.2) is 0 Å². The third-order valence-electron chi connectivity index (χ3n) is 4.52. The number of anilines is 1. The third-order valence-corrected chi connectivity index (χ3v) is 4.52. The molecule has 0 radical (unpaired) electrons. The van der Waals surface area contributed by atoms with Crippen molar-refractivity contribution in [3.63, 3.8) is 0 Å². The average Bonchev–Trinajstić information content (AvgIpc) is 3.03. The molecule has 3 rings (SSSR count). The molecule has 22 heavy (non-hydrogen) atoms. The third kappa shape index (κ3) is 3.49. The van der Waals surface area contributed by atoms with Crippen LogP contribution < -0.4 is 4.90 Å². The fraction of sp³-hybridized carbons (Fsp3) is 0.350. The summed E-state index contributed by atoms with van der Waals surface area (Å²) in [5, 5.41) is 8.94. The standard InChI is InChI=1S/C20H22N2/c21-15-14-19-7-4-16-22(19)20-12-10-18(11-13-20)9-8-17-5-2-1-3-6-17/h1-3,5-6,10-13,19H,4,7-9,14,16H2. The van der Waals surface area contributed by atoms with Gasteiger partial charge < -0.3 is 4.90 Å². The SMILES string of the molecule is N#CCC1CCCN1c1ccc(CCc2ccccc2)cc1. The van der Waals surface area contributed by atoms with Crippen molar-refractivity contribution in [3.05, 3.63) is 65.7 Å². The van der Waals surface area contributed by atoms with Gasteiger partial charge in [-0.25, -0.2) is 0 Å². The molecule has 0 aromatic heterocycles. The summed E-state index contributed by atoms with van der Waals surface area (Å²) in [5.41, 5.74) is 4.03. The van der Waals surface area contributed by atoms with Crippen molar-refractivity contribution < 1.29 is 0 Å². The second-order valence-electron chi connectivity index (χ2n) is 6.00. The van der Waals surface area contributed by atoms with Gasteiger partial charge in [0, 0.05) is 18.3 Å². The van der Waals surface area contributed by atoms with E-state index in [2.05, 4.69) is 65.6 Å². The van der Waals surface area contributed by atoms with Gasteiger partial charge in [0.2, 0.25) is 0 Å². The van der Waals surface area contributed by atoms with E-state index in [-0.39, 0.29) is 0 Å². The van der Waals surface area contributed by atoms with E-state index in [9.17, 15) is 0 Å². The molecule has 1 unspecified atom stereocenters. The lowest BCUT2D eigenvalue weighted by Gasteiger charge is -2.25. The maximum atomic E-state index is 8.94. The van der Waals surface area contributed by atoms with E-state index in [1.54, 1.807) is 0 Å². The van der Waals surface area contributed by atoms with Crippen LogP contribution in [0.25, 0.3) is 0 Å². The van der Waals surface area contributed by atoms with Crippen molar-refractivity contribution in [2.75, 3.05) is 11.4 Å². The van der Waals surface area contributed by atoms with E-state index < -0.39 is 0 Å². The number of aryl methyl sites for hydroxylation is 2. The molecule has 1 heterocycles. The van der Waals surface area contributed by atoms with Crippen LogP contribution in [0.2, 0.25) is 0 Å². The highest BCUT2D eigenvalue weighted by Crippen LogP contribution is 2.27. The summed E-state index contributed by atoms with van der Waals surface area (Å²) in [7, 11) is 0. The molecule has 0 amide bonds. The molecule has 0 bridgehead atoms. The molecule has 1 saturated heterocycles. The Hall–Kier alpha value is -2.27. The van der Waals surface area contributed by atoms with Gasteiger partial charge in [0.25, 0.3) is 0 Å². The van der Waals surface area contributed by atoms with Crippen molar-refractivity contribution in [2.45, 2.75) is 38.1 Å². The number of rotatable bonds is 5. The zero-order chi connectivity index (χ0) is 15.2. The van der Waals surface area contributed by atoms with Crippen LogP contribution in [-0.4, -0.2) is 12.6 Å². The molecular formula is C20H22N2. The quantitative estimate of drug-likeness (QED) is 0.818. The molecular weight excluding hydrogens is 268 g/mol. The second-order valence-corrected chi connectivity index (χ2v) is 6.00. The van der Waals surface area contributed by atoms with Gasteiger partial charge in [-0.1, -0.05) is 42.5 Å². The van der Waals surface area contributed by atoms with Crippen LogP contribution in [0.4, 0.5) is 5.69 Å².